The van der Waals surface area contributed by atoms with Gasteiger partial charge in [0.2, 0.25) is 5.88 Å². The molecule has 7 nitrogen and oxygen atoms in total. The third-order valence-corrected chi connectivity index (χ3v) is 5.11. The smallest absolute Gasteiger partial charge is 0.305 e. The number of carbonyl (C=O) groups excluding carboxylic acids is 1. The van der Waals surface area contributed by atoms with Gasteiger partial charge in [0, 0.05) is 6.07 Å². The number of halogens is 1. The van der Waals surface area contributed by atoms with Crippen LogP contribution in [0.3, 0.4) is 0 Å². The molecule has 1 heterocycles. The van der Waals surface area contributed by atoms with Crippen molar-refractivity contribution < 1.29 is 24.2 Å². The molecular weight excluding hydrogens is 425 g/mol. The molecular formula is C25H20FN3O4. The van der Waals surface area contributed by atoms with Gasteiger partial charge in [-0.25, -0.2) is 4.39 Å². The number of amides is 1. The summed E-state index contributed by atoms with van der Waals surface area (Å²) in [5, 5.41) is 26.1. The molecule has 0 fully saturated rings. The Labute approximate surface area is 188 Å². The third-order valence-electron chi connectivity index (χ3n) is 5.11. The van der Waals surface area contributed by atoms with E-state index in [-0.39, 0.29) is 17.8 Å². The lowest BCUT2D eigenvalue weighted by atomic mass is 9.99. The highest BCUT2D eigenvalue weighted by molar-refractivity contribution is 5.93. The quantitative estimate of drug-likeness (QED) is 0.393. The molecule has 0 saturated carbocycles. The lowest BCUT2D eigenvalue weighted by Crippen LogP contribution is -2.30. The Balaban J connectivity index is 1.57. The van der Waals surface area contributed by atoms with E-state index in [1.807, 2.05) is 42.5 Å². The number of nitrogens with zero attached hydrogens (tertiary/aromatic N) is 2. The van der Waals surface area contributed by atoms with Crippen molar-refractivity contribution in [3.05, 3.63) is 102 Å². The number of hydrogen-bond donors (Lipinski definition) is 3. The number of carboxylic acids is 1. The summed E-state index contributed by atoms with van der Waals surface area (Å²) in [6, 6.07) is 22.8. The Bertz CT molecular complexity index is 1290. The van der Waals surface area contributed by atoms with E-state index < -0.39 is 29.6 Å². The molecule has 0 aliphatic heterocycles. The van der Waals surface area contributed by atoms with Crippen LogP contribution in [0.15, 0.2) is 84.9 Å². The van der Waals surface area contributed by atoms with Crippen molar-refractivity contribution in [2.24, 2.45) is 0 Å². The van der Waals surface area contributed by atoms with Gasteiger partial charge in [0.15, 0.2) is 5.69 Å². The predicted molar refractivity (Wildman–Crippen MR) is 120 cm³/mol. The first-order valence-corrected chi connectivity index (χ1v) is 10.1. The Morgan fingerprint density at radius 1 is 0.939 bits per heavy atom. The molecule has 0 bridgehead atoms. The van der Waals surface area contributed by atoms with E-state index in [0.717, 1.165) is 21.9 Å². The molecule has 1 aromatic heterocycles. The Kier molecular flexibility index (Phi) is 6.17. The SMILES string of the molecule is O=C(O)CC(NC(=O)c1cc(O)n(-c2ccccc2F)n1)c1ccc(-c2ccccc2)cc1. The van der Waals surface area contributed by atoms with Gasteiger partial charge in [-0.2, -0.15) is 9.78 Å². The van der Waals surface area contributed by atoms with Crippen molar-refractivity contribution in [1.29, 1.82) is 0 Å². The van der Waals surface area contributed by atoms with Gasteiger partial charge in [-0.15, -0.1) is 0 Å². The van der Waals surface area contributed by atoms with Crippen molar-refractivity contribution in [1.82, 2.24) is 15.1 Å². The minimum absolute atomic E-state index is 0.0207. The number of carbonyl (C=O) groups is 2. The van der Waals surface area contributed by atoms with Crippen LogP contribution in [-0.2, 0) is 4.79 Å². The van der Waals surface area contributed by atoms with E-state index in [9.17, 15) is 24.2 Å². The molecule has 0 radical (unpaired) electrons. The molecule has 4 rings (SSSR count). The zero-order chi connectivity index (χ0) is 23.4. The molecule has 33 heavy (non-hydrogen) atoms. The molecule has 1 unspecified atom stereocenters. The van der Waals surface area contributed by atoms with Crippen LogP contribution < -0.4 is 5.32 Å². The summed E-state index contributed by atoms with van der Waals surface area (Å²) < 4.78 is 15.0. The van der Waals surface area contributed by atoms with Crippen LogP contribution in [0.1, 0.15) is 28.5 Å². The summed E-state index contributed by atoms with van der Waals surface area (Å²) in [5.41, 5.74) is 2.37. The van der Waals surface area contributed by atoms with Gasteiger partial charge in [-0.3, -0.25) is 9.59 Å². The van der Waals surface area contributed by atoms with Crippen LogP contribution in [-0.4, -0.2) is 31.9 Å². The van der Waals surface area contributed by atoms with Gasteiger partial charge in [-0.05, 0) is 28.8 Å². The van der Waals surface area contributed by atoms with E-state index in [0.29, 0.717) is 5.56 Å². The molecule has 1 atom stereocenters. The normalized spacial score (nSPS) is 11.7. The molecule has 0 spiro atoms. The summed E-state index contributed by atoms with van der Waals surface area (Å²) >= 11 is 0. The van der Waals surface area contributed by atoms with E-state index >= 15 is 0 Å². The summed E-state index contributed by atoms with van der Waals surface area (Å²) in [4.78, 5) is 24.2. The highest BCUT2D eigenvalue weighted by Crippen LogP contribution is 2.25. The zero-order valence-electron chi connectivity index (χ0n) is 17.4. The van der Waals surface area contributed by atoms with Crippen LogP contribution in [0, 0.1) is 5.82 Å². The van der Waals surface area contributed by atoms with Gasteiger partial charge in [0.25, 0.3) is 5.91 Å². The van der Waals surface area contributed by atoms with Crippen LogP contribution in [0.25, 0.3) is 16.8 Å². The fourth-order valence-electron chi connectivity index (χ4n) is 3.48. The number of benzene rings is 3. The Morgan fingerprint density at radius 3 is 2.24 bits per heavy atom. The number of aliphatic carboxylic acids is 1. The fourth-order valence-corrected chi connectivity index (χ4v) is 3.48. The van der Waals surface area contributed by atoms with Gasteiger partial charge in [0.1, 0.15) is 11.5 Å². The molecule has 3 N–H and O–H groups in total. The van der Waals surface area contributed by atoms with Crippen LogP contribution in [0.4, 0.5) is 4.39 Å². The average molecular weight is 445 g/mol. The number of aromatic nitrogens is 2. The number of rotatable bonds is 7. The van der Waals surface area contributed by atoms with Crippen molar-refractivity contribution in [3.63, 3.8) is 0 Å². The number of para-hydroxylation sites is 1. The summed E-state index contributed by atoms with van der Waals surface area (Å²) in [6.45, 7) is 0. The van der Waals surface area contributed by atoms with Gasteiger partial charge < -0.3 is 15.5 Å². The topological polar surface area (TPSA) is 104 Å². The largest absolute Gasteiger partial charge is 0.493 e. The van der Waals surface area contributed by atoms with Gasteiger partial charge in [-0.1, -0.05) is 66.7 Å². The van der Waals surface area contributed by atoms with Crippen LogP contribution in [0.5, 0.6) is 5.88 Å². The third kappa shape index (κ3) is 4.90. The molecule has 3 aromatic carbocycles. The second kappa shape index (κ2) is 9.35. The van der Waals surface area contributed by atoms with E-state index in [1.54, 1.807) is 18.2 Å². The minimum Gasteiger partial charge on any atom is -0.493 e. The highest BCUT2D eigenvalue weighted by Gasteiger charge is 2.22. The number of hydrogen-bond acceptors (Lipinski definition) is 4. The Hall–Kier alpha value is -4.46. The molecule has 0 aliphatic rings. The molecule has 1 amide bonds. The Morgan fingerprint density at radius 2 is 1.58 bits per heavy atom. The first kappa shape index (κ1) is 21.8. The zero-order valence-corrected chi connectivity index (χ0v) is 17.4. The predicted octanol–water partition coefficient (Wildman–Crippen LogP) is 4.33. The highest BCUT2D eigenvalue weighted by atomic mass is 19.1. The fraction of sp³-hybridized carbons (Fsp3) is 0.0800. The second-order valence-electron chi connectivity index (χ2n) is 7.36. The van der Waals surface area contributed by atoms with Crippen molar-refractivity contribution in [2.45, 2.75) is 12.5 Å². The maximum atomic E-state index is 14.1. The first-order valence-electron chi connectivity index (χ1n) is 10.1. The van der Waals surface area contributed by atoms with Gasteiger partial charge in [0.05, 0.1) is 12.5 Å². The monoisotopic (exact) mass is 445 g/mol. The number of aromatic hydroxyl groups is 1. The van der Waals surface area contributed by atoms with Crippen molar-refractivity contribution in [2.75, 3.05) is 0 Å². The summed E-state index contributed by atoms with van der Waals surface area (Å²) in [5.74, 6) is -2.83. The standard InChI is InChI=1S/C25H20FN3O4/c26-19-8-4-5-9-22(19)29-23(30)14-21(28-29)25(33)27-20(15-24(31)32)18-12-10-17(11-13-18)16-6-2-1-3-7-16/h1-14,20,30H,15H2,(H,27,33)(H,31,32). The van der Waals surface area contributed by atoms with E-state index in [1.165, 1.54) is 18.2 Å². The van der Waals surface area contributed by atoms with E-state index in [4.69, 9.17) is 0 Å². The van der Waals surface area contributed by atoms with Gasteiger partial charge >= 0.3 is 5.97 Å². The molecule has 4 aromatic rings. The van der Waals surface area contributed by atoms with E-state index in [2.05, 4.69) is 10.4 Å². The van der Waals surface area contributed by atoms with Crippen molar-refractivity contribution in [3.8, 4) is 22.7 Å². The molecule has 0 saturated heterocycles. The van der Waals surface area contributed by atoms with Crippen molar-refractivity contribution >= 4 is 11.9 Å². The maximum absolute atomic E-state index is 14.1. The second-order valence-corrected chi connectivity index (χ2v) is 7.36. The summed E-state index contributed by atoms with van der Waals surface area (Å²) in [6.07, 6.45) is -0.351. The molecule has 8 heteroatoms. The number of nitrogens with one attached hydrogen (secondary N) is 1. The lowest BCUT2D eigenvalue weighted by Gasteiger charge is -2.17. The number of carboxylic acid groups (broad SMARTS) is 1. The minimum atomic E-state index is -1.09. The summed E-state index contributed by atoms with van der Waals surface area (Å²) in [7, 11) is 0. The first-order chi connectivity index (χ1) is 15.9. The average Bonchev–Trinajstić information content (AvgIpc) is 3.21. The lowest BCUT2D eigenvalue weighted by molar-refractivity contribution is -0.137. The van der Waals surface area contributed by atoms with Crippen LogP contribution >= 0.6 is 0 Å². The molecule has 166 valence electrons. The molecule has 0 aliphatic carbocycles. The maximum Gasteiger partial charge on any atom is 0.305 e. The van der Waals surface area contributed by atoms with Crippen LogP contribution in [0.2, 0.25) is 0 Å².